The van der Waals surface area contributed by atoms with Crippen molar-refractivity contribution in [3.8, 4) is 5.88 Å². The fraction of sp³-hybridized carbons (Fsp3) is 0.615. The first-order valence-corrected chi connectivity index (χ1v) is 7.61. The molecule has 0 aromatic carbocycles. The molecule has 1 aromatic heterocycles. The Morgan fingerprint density at radius 2 is 2.28 bits per heavy atom. The van der Waals surface area contributed by atoms with Gasteiger partial charge in [0.2, 0.25) is 5.88 Å². The highest BCUT2D eigenvalue weighted by Gasteiger charge is 2.22. The molecule has 1 aliphatic carbocycles. The van der Waals surface area contributed by atoms with E-state index in [0.29, 0.717) is 17.6 Å². The number of methoxy groups -OCH3 is 1. The molecule has 1 aliphatic rings. The second-order valence-electron chi connectivity index (χ2n) is 4.66. The largest absolute Gasteiger partial charge is 0.481 e. The average molecular weight is 267 g/mol. The smallest absolute Gasteiger partial charge is 0.215 e. The van der Waals surface area contributed by atoms with Crippen LogP contribution in [0.4, 0.5) is 11.5 Å². The van der Waals surface area contributed by atoms with Crippen molar-refractivity contribution in [2.75, 3.05) is 24.4 Å². The monoisotopic (exact) mass is 267 g/mol. The van der Waals surface area contributed by atoms with Crippen LogP contribution in [0.3, 0.4) is 0 Å². The molecule has 0 spiro atoms. The van der Waals surface area contributed by atoms with Crippen LogP contribution in [0.25, 0.3) is 0 Å². The van der Waals surface area contributed by atoms with Gasteiger partial charge in [0, 0.05) is 17.4 Å². The molecule has 2 atom stereocenters. The minimum Gasteiger partial charge on any atom is -0.481 e. The zero-order chi connectivity index (χ0) is 13.0. The normalized spacial score (nSPS) is 23.7. The first-order chi connectivity index (χ1) is 8.72. The van der Waals surface area contributed by atoms with Crippen molar-refractivity contribution in [3.05, 3.63) is 12.1 Å². The van der Waals surface area contributed by atoms with Gasteiger partial charge in [-0.2, -0.15) is 16.7 Å². The average Bonchev–Trinajstić information content (AvgIpc) is 2.41. The van der Waals surface area contributed by atoms with Crippen LogP contribution in [0.2, 0.25) is 0 Å². The molecule has 0 radical (unpaired) electrons. The molecule has 0 saturated heterocycles. The molecule has 1 heterocycles. The van der Waals surface area contributed by atoms with Crippen LogP contribution in [-0.2, 0) is 0 Å². The molecule has 1 aromatic rings. The maximum absolute atomic E-state index is 5.94. The van der Waals surface area contributed by atoms with Gasteiger partial charge in [0.05, 0.1) is 12.8 Å². The van der Waals surface area contributed by atoms with Crippen LogP contribution < -0.4 is 15.8 Å². The molecule has 4 nitrogen and oxygen atoms in total. The number of aromatic nitrogens is 1. The Hall–Kier alpha value is -1.10. The Morgan fingerprint density at radius 3 is 3.00 bits per heavy atom. The molecule has 1 fully saturated rings. The Bertz CT molecular complexity index is 400. The van der Waals surface area contributed by atoms with Gasteiger partial charge in [-0.3, -0.25) is 0 Å². The minimum absolute atomic E-state index is 0.470. The number of rotatable bonds is 4. The van der Waals surface area contributed by atoms with E-state index in [4.69, 9.17) is 10.5 Å². The fourth-order valence-electron chi connectivity index (χ4n) is 2.36. The van der Waals surface area contributed by atoms with Gasteiger partial charge < -0.3 is 15.8 Å². The summed E-state index contributed by atoms with van der Waals surface area (Å²) in [6, 6.07) is 4.09. The summed E-state index contributed by atoms with van der Waals surface area (Å²) in [5.41, 5.74) is 6.63. The number of nitrogens with zero attached hydrogens (tertiary/aromatic N) is 1. The van der Waals surface area contributed by atoms with Crippen molar-refractivity contribution >= 4 is 23.3 Å². The summed E-state index contributed by atoms with van der Waals surface area (Å²) in [6.45, 7) is 0. The van der Waals surface area contributed by atoms with E-state index in [1.54, 1.807) is 13.2 Å². The van der Waals surface area contributed by atoms with Gasteiger partial charge in [0.1, 0.15) is 0 Å². The Morgan fingerprint density at radius 1 is 1.44 bits per heavy atom. The van der Waals surface area contributed by atoms with E-state index in [1.807, 2.05) is 17.8 Å². The van der Waals surface area contributed by atoms with Crippen molar-refractivity contribution in [1.82, 2.24) is 4.98 Å². The maximum Gasteiger partial charge on any atom is 0.215 e. The van der Waals surface area contributed by atoms with Gasteiger partial charge in [0.25, 0.3) is 0 Å². The number of thioether (sulfide) groups is 1. The highest BCUT2D eigenvalue weighted by Crippen LogP contribution is 2.30. The molecular formula is C13H21N3OS. The summed E-state index contributed by atoms with van der Waals surface area (Å²) in [4.78, 5) is 4.37. The standard InChI is InChI=1S/C13H21N3OS/c1-17-12-7-6-11(14)13(16-12)15-9-4-3-5-10(8-9)18-2/h6-7,9-10H,3-5,8,14H2,1-2H3,(H,15,16). The molecular weight excluding hydrogens is 246 g/mol. The van der Waals surface area contributed by atoms with Gasteiger partial charge in [-0.25, -0.2) is 0 Å². The first kappa shape index (κ1) is 13.3. The van der Waals surface area contributed by atoms with Gasteiger partial charge in [0.15, 0.2) is 5.82 Å². The van der Waals surface area contributed by atoms with Crippen molar-refractivity contribution in [1.29, 1.82) is 0 Å². The zero-order valence-electron chi connectivity index (χ0n) is 11.0. The number of hydrogen-bond acceptors (Lipinski definition) is 5. The lowest BCUT2D eigenvalue weighted by Crippen LogP contribution is -2.29. The first-order valence-electron chi connectivity index (χ1n) is 6.32. The van der Waals surface area contributed by atoms with Gasteiger partial charge >= 0.3 is 0 Å². The Labute approximate surface area is 113 Å². The van der Waals surface area contributed by atoms with E-state index in [0.717, 1.165) is 11.1 Å². The van der Waals surface area contributed by atoms with E-state index < -0.39 is 0 Å². The number of nitrogens with one attached hydrogen (secondary N) is 1. The molecule has 0 bridgehead atoms. The number of nitrogens with two attached hydrogens (primary N) is 1. The molecule has 2 rings (SSSR count). The van der Waals surface area contributed by atoms with E-state index in [2.05, 4.69) is 16.6 Å². The quantitative estimate of drug-likeness (QED) is 0.878. The molecule has 2 unspecified atom stereocenters. The summed E-state index contributed by atoms with van der Waals surface area (Å²) in [5.74, 6) is 1.35. The van der Waals surface area contributed by atoms with Crippen LogP contribution in [0.1, 0.15) is 25.7 Å². The third-order valence-electron chi connectivity index (χ3n) is 3.41. The van der Waals surface area contributed by atoms with E-state index in [-0.39, 0.29) is 0 Å². The summed E-state index contributed by atoms with van der Waals surface area (Å²) in [7, 11) is 1.62. The summed E-state index contributed by atoms with van der Waals surface area (Å²) in [5, 5.41) is 4.21. The van der Waals surface area contributed by atoms with Gasteiger partial charge in [-0.05, 0) is 31.6 Å². The lowest BCUT2D eigenvalue weighted by molar-refractivity contribution is 0.398. The minimum atomic E-state index is 0.470. The van der Waals surface area contributed by atoms with Crippen molar-refractivity contribution in [3.63, 3.8) is 0 Å². The van der Waals surface area contributed by atoms with E-state index in [1.165, 1.54) is 25.7 Å². The van der Waals surface area contributed by atoms with Crippen molar-refractivity contribution in [2.45, 2.75) is 37.0 Å². The fourth-order valence-corrected chi connectivity index (χ4v) is 3.19. The SMILES string of the molecule is COc1ccc(N)c(NC2CCCC(SC)C2)n1. The molecule has 1 saturated carbocycles. The van der Waals surface area contributed by atoms with Crippen LogP contribution >= 0.6 is 11.8 Å². The van der Waals surface area contributed by atoms with Gasteiger partial charge in [-0.15, -0.1) is 0 Å². The maximum atomic E-state index is 5.94. The second-order valence-corrected chi connectivity index (χ2v) is 5.80. The topological polar surface area (TPSA) is 60.2 Å². The zero-order valence-corrected chi connectivity index (χ0v) is 11.8. The number of hydrogen-bond donors (Lipinski definition) is 2. The number of nitrogen functional groups attached to an aromatic ring is 1. The van der Waals surface area contributed by atoms with E-state index in [9.17, 15) is 0 Å². The molecule has 0 amide bonds. The van der Waals surface area contributed by atoms with Crippen molar-refractivity contribution in [2.24, 2.45) is 0 Å². The van der Waals surface area contributed by atoms with Crippen LogP contribution in [-0.4, -0.2) is 29.6 Å². The third-order valence-corrected chi connectivity index (χ3v) is 4.51. The lowest BCUT2D eigenvalue weighted by atomic mass is 9.95. The number of pyridine rings is 1. The highest BCUT2D eigenvalue weighted by molar-refractivity contribution is 7.99. The summed E-state index contributed by atoms with van der Waals surface area (Å²) in [6.07, 6.45) is 7.15. The molecule has 3 N–H and O–H groups in total. The third kappa shape index (κ3) is 3.22. The Kier molecular flexibility index (Phi) is 4.58. The lowest BCUT2D eigenvalue weighted by Gasteiger charge is -2.29. The van der Waals surface area contributed by atoms with E-state index >= 15 is 0 Å². The second kappa shape index (κ2) is 6.18. The van der Waals surface area contributed by atoms with Crippen LogP contribution in [0, 0.1) is 0 Å². The molecule has 0 aliphatic heterocycles. The predicted octanol–water partition coefficient (Wildman–Crippen LogP) is 2.76. The predicted molar refractivity (Wildman–Crippen MR) is 78.4 cm³/mol. The number of anilines is 2. The molecule has 100 valence electrons. The highest BCUT2D eigenvalue weighted by atomic mass is 32.2. The summed E-state index contributed by atoms with van der Waals surface area (Å²) < 4.78 is 5.13. The van der Waals surface area contributed by atoms with Crippen LogP contribution in [0.15, 0.2) is 12.1 Å². The molecule has 5 heteroatoms. The molecule has 18 heavy (non-hydrogen) atoms. The number of ether oxygens (including phenoxy) is 1. The summed E-state index contributed by atoms with van der Waals surface area (Å²) >= 11 is 1.96. The van der Waals surface area contributed by atoms with Crippen molar-refractivity contribution < 1.29 is 4.74 Å². The van der Waals surface area contributed by atoms with Gasteiger partial charge in [-0.1, -0.05) is 6.42 Å². The Balaban J connectivity index is 2.04. The van der Waals surface area contributed by atoms with Crippen LogP contribution in [0.5, 0.6) is 5.88 Å².